The predicted molar refractivity (Wildman–Crippen MR) is 98.9 cm³/mol. The molecule has 4 rings (SSSR count). The fourth-order valence-corrected chi connectivity index (χ4v) is 3.60. The molecule has 1 aromatic carbocycles. The Balaban J connectivity index is 1.39. The van der Waals surface area contributed by atoms with Crippen molar-refractivity contribution in [2.45, 2.75) is 45.4 Å². The summed E-state index contributed by atoms with van der Waals surface area (Å²) in [4.78, 5) is 19.1. The van der Waals surface area contributed by atoms with Crippen molar-refractivity contribution in [1.29, 1.82) is 0 Å². The number of para-hydroxylation sites is 2. The molecule has 0 radical (unpaired) electrons. The van der Waals surface area contributed by atoms with Gasteiger partial charge in [0.25, 0.3) is 0 Å². The standard InChI is InChI=1S/C19H25N5O3/c1-3-23(11-14-12-26-16-8-4-5-9-17(16)27-14)19(25)21-15-7-6-10-24-18(15)20-13(2)22-24/h4-5,8-9,14-15H,3,6-7,10-12H2,1-2H3,(H,21,25). The fourth-order valence-electron chi connectivity index (χ4n) is 3.60. The number of rotatable bonds is 4. The molecular weight excluding hydrogens is 346 g/mol. The third-order valence-electron chi connectivity index (χ3n) is 4.94. The summed E-state index contributed by atoms with van der Waals surface area (Å²) in [7, 11) is 0. The molecule has 1 aromatic heterocycles. The molecule has 0 spiro atoms. The normalized spacial score (nSPS) is 20.7. The van der Waals surface area contributed by atoms with Crippen LogP contribution in [0.4, 0.5) is 4.79 Å². The number of ether oxygens (including phenoxy) is 2. The average Bonchev–Trinajstić information content (AvgIpc) is 3.07. The summed E-state index contributed by atoms with van der Waals surface area (Å²) in [5, 5.41) is 7.51. The summed E-state index contributed by atoms with van der Waals surface area (Å²) in [5.74, 6) is 3.05. The molecule has 8 heteroatoms. The zero-order chi connectivity index (χ0) is 18.8. The molecule has 0 aliphatic carbocycles. The van der Waals surface area contributed by atoms with Crippen LogP contribution in [0.25, 0.3) is 0 Å². The Morgan fingerprint density at radius 1 is 1.37 bits per heavy atom. The summed E-state index contributed by atoms with van der Waals surface area (Å²) in [5.41, 5.74) is 0. The highest BCUT2D eigenvalue weighted by Crippen LogP contribution is 2.31. The number of hydrogen-bond acceptors (Lipinski definition) is 5. The van der Waals surface area contributed by atoms with Gasteiger partial charge in [-0.05, 0) is 38.8 Å². The van der Waals surface area contributed by atoms with Crippen molar-refractivity contribution in [3.05, 3.63) is 35.9 Å². The van der Waals surface area contributed by atoms with Crippen LogP contribution in [0.1, 0.15) is 37.5 Å². The zero-order valence-corrected chi connectivity index (χ0v) is 15.7. The topological polar surface area (TPSA) is 81.5 Å². The van der Waals surface area contributed by atoms with Crippen molar-refractivity contribution >= 4 is 6.03 Å². The Hall–Kier alpha value is -2.77. The zero-order valence-electron chi connectivity index (χ0n) is 15.7. The van der Waals surface area contributed by atoms with Crippen LogP contribution in [0.5, 0.6) is 11.5 Å². The Bertz CT molecular complexity index is 821. The van der Waals surface area contributed by atoms with E-state index in [1.807, 2.05) is 42.8 Å². The van der Waals surface area contributed by atoms with E-state index in [1.165, 1.54) is 0 Å². The summed E-state index contributed by atoms with van der Waals surface area (Å²) >= 11 is 0. The minimum atomic E-state index is -0.192. The van der Waals surface area contributed by atoms with E-state index in [-0.39, 0.29) is 18.2 Å². The highest BCUT2D eigenvalue weighted by Gasteiger charge is 2.29. The maximum absolute atomic E-state index is 12.8. The molecule has 144 valence electrons. The first kappa shape index (κ1) is 17.6. The van der Waals surface area contributed by atoms with Gasteiger partial charge in [0.2, 0.25) is 0 Å². The first-order chi connectivity index (χ1) is 13.1. The predicted octanol–water partition coefficient (Wildman–Crippen LogP) is 2.29. The largest absolute Gasteiger partial charge is 0.486 e. The van der Waals surface area contributed by atoms with Gasteiger partial charge in [0.1, 0.15) is 18.3 Å². The molecular formula is C19H25N5O3. The number of carbonyl (C=O) groups is 1. The molecule has 2 aliphatic rings. The van der Waals surface area contributed by atoms with Gasteiger partial charge in [0.05, 0.1) is 12.6 Å². The second-order valence-electron chi connectivity index (χ2n) is 6.92. The van der Waals surface area contributed by atoms with E-state index in [4.69, 9.17) is 9.47 Å². The van der Waals surface area contributed by atoms with E-state index in [2.05, 4.69) is 15.4 Å². The third kappa shape index (κ3) is 3.70. The Morgan fingerprint density at radius 3 is 3.00 bits per heavy atom. The molecule has 2 unspecified atom stereocenters. The number of fused-ring (bicyclic) bond motifs is 2. The first-order valence-electron chi connectivity index (χ1n) is 9.49. The minimum Gasteiger partial charge on any atom is -0.486 e. The number of carbonyl (C=O) groups excluding carboxylic acids is 1. The summed E-state index contributed by atoms with van der Waals surface area (Å²) in [6, 6.07) is 7.38. The van der Waals surface area contributed by atoms with Gasteiger partial charge in [-0.1, -0.05) is 12.1 Å². The van der Waals surface area contributed by atoms with E-state index in [0.717, 1.165) is 42.5 Å². The Labute approximate surface area is 158 Å². The van der Waals surface area contributed by atoms with Gasteiger partial charge in [-0.15, -0.1) is 0 Å². The lowest BCUT2D eigenvalue weighted by molar-refractivity contribution is 0.0669. The van der Waals surface area contributed by atoms with Gasteiger partial charge in [-0.2, -0.15) is 5.10 Å². The summed E-state index contributed by atoms with van der Waals surface area (Å²) in [6.07, 6.45) is 1.66. The van der Waals surface area contributed by atoms with Gasteiger partial charge in [-0.25, -0.2) is 14.5 Å². The van der Waals surface area contributed by atoms with E-state index in [0.29, 0.717) is 19.7 Å². The third-order valence-corrected chi connectivity index (χ3v) is 4.94. The minimum absolute atomic E-state index is 0.106. The van der Waals surface area contributed by atoms with Crippen molar-refractivity contribution in [1.82, 2.24) is 25.0 Å². The lowest BCUT2D eigenvalue weighted by Gasteiger charge is -2.32. The molecule has 8 nitrogen and oxygen atoms in total. The monoisotopic (exact) mass is 371 g/mol. The molecule has 0 saturated heterocycles. The number of amides is 2. The number of likely N-dealkylation sites (N-methyl/N-ethyl adjacent to an activating group) is 1. The number of aromatic nitrogens is 3. The molecule has 1 N–H and O–H groups in total. The van der Waals surface area contributed by atoms with Gasteiger partial charge in [-0.3, -0.25) is 0 Å². The number of nitrogens with one attached hydrogen (secondary N) is 1. The van der Waals surface area contributed by atoms with Crippen LogP contribution in [-0.4, -0.2) is 51.5 Å². The average molecular weight is 371 g/mol. The van der Waals surface area contributed by atoms with Crippen molar-refractivity contribution in [2.24, 2.45) is 0 Å². The van der Waals surface area contributed by atoms with E-state index >= 15 is 0 Å². The molecule has 0 saturated carbocycles. The van der Waals surface area contributed by atoms with Crippen LogP contribution in [0, 0.1) is 6.92 Å². The number of hydrogen-bond donors (Lipinski definition) is 1. The summed E-state index contributed by atoms with van der Waals surface area (Å²) in [6.45, 7) is 6.18. The van der Waals surface area contributed by atoms with Gasteiger partial charge >= 0.3 is 6.03 Å². The van der Waals surface area contributed by atoms with Crippen LogP contribution >= 0.6 is 0 Å². The first-order valence-corrected chi connectivity index (χ1v) is 9.49. The molecule has 2 atom stereocenters. The van der Waals surface area contributed by atoms with E-state index < -0.39 is 0 Å². The van der Waals surface area contributed by atoms with Gasteiger partial charge in [0.15, 0.2) is 17.6 Å². The van der Waals surface area contributed by atoms with E-state index in [9.17, 15) is 4.79 Å². The lowest BCUT2D eigenvalue weighted by atomic mass is 10.1. The van der Waals surface area contributed by atoms with Crippen molar-refractivity contribution in [3.63, 3.8) is 0 Å². The highest BCUT2D eigenvalue weighted by atomic mass is 16.6. The number of urea groups is 1. The van der Waals surface area contributed by atoms with Gasteiger partial charge < -0.3 is 19.7 Å². The van der Waals surface area contributed by atoms with Gasteiger partial charge in [0, 0.05) is 13.1 Å². The Morgan fingerprint density at radius 2 is 2.19 bits per heavy atom. The van der Waals surface area contributed by atoms with Crippen molar-refractivity contribution in [3.8, 4) is 11.5 Å². The highest BCUT2D eigenvalue weighted by molar-refractivity contribution is 5.74. The maximum atomic E-state index is 12.8. The van der Waals surface area contributed by atoms with Crippen LogP contribution in [-0.2, 0) is 6.54 Å². The van der Waals surface area contributed by atoms with E-state index in [1.54, 1.807) is 4.90 Å². The Kier molecular flexibility index (Phi) is 4.87. The van der Waals surface area contributed by atoms with Crippen LogP contribution < -0.4 is 14.8 Å². The van der Waals surface area contributed by atoms with Crippen molar-refractivity contribution in [2.75, 3.05) is 19.7 Å². The molecule has 27 heavy (non-hydrogen) atoms. The quantitative estimate of drug-likeness (QED) is 0.892. The molecule has 2 amide bonds. The number of nitrogens with zero attached hydrogens (tertiary/aromatic N) is 4. The number of aryl methyl sites for hydroxylation is 2. The SMILES string of the molecule is CCN(CC1COc2ccccc2O1)C(=O)NC1CCCn2nc(C)nc21. The van der Waals surface area contributed by atoms with Crippen LogP contribution in [0.15, 0.2) is 24.3 Å². The van der Waals surface area contributed by atoms with Crippen LogP contribution in [0.2, 0.25) is 0 Å². The summed E-state index contributed by atoms with van der Waals surface area (Å²) < 4.78 is 13.6. The second-order valence-corrected chi connectivity index (χ2v) is 6.92. The number of benzene rings is 1. The van der Waals surface area contributed by atoms with Crippen molar-refractivity contribution < 1.29 is 14.3 Å². The fraction of sp³-hybridized carbons (Fsp3) is 0.526. The molecule has 0 bridgehead atoms. The molecule has 0 fully saturated rings. The molecule has 3 heterocycles. The second kappa shape index (κ2) is 7.46. The smallest absolute Gasteiger partial charge is 0.318 e. The maximum Gasteiger partial charge on any atom is 0.318 e. The molecule has 2 aromatic rings. The molecule has 2 aliphatic heterocycles. The lowest BCUT2D eigenvalue weighted by Crippen LogP contribution is -2.48. The van der Waals surface area contributed by atoms with Crippen LogP contribution in [0.3, 0.4) is 0 Å².